The Morgan fingerprint density at radius 2 is 1.90 bits per heavy atom. The second-order valence-electron chi connectivity index (χ2n) is 6.55. The van der Waals surface area contributed by atoms with Crippen LogP contribution in [0.1, 0.15) is 33.3 Å². The summed E-state index contributed by atoms with van der Waals surface area (Å²) in [5.41, 5.74) is 8.92. The van der Waals surface area contributed by atoms with Gasteiger partial charge >= 0.3 is 0 Å². The molecule has 1 atom stereocenters. The summed E-state index contributed by atoms with van der Waals surface area (Å²) in [5.74, 6) is 0. The van der Waals surface area contributed by atoms with Gasteiger partial charge in [-0.15, -0.1) is 0 Å². The van der Waals surface area contributed by atoms with Crippen molar-refractivity contribution in [2.24, 2.45) is 11.1 Å². The minimum absolute atomic E-state index is 0.145. The maximum absolute atomic E-state index is 5.92. The van der Waals surface area contributed by atoms with Crippen LogP contribution in [-0.2, 0) is 0 Å². The van der Waals surface area contributed by atoms with Crippen LogP contribution >= 0.6 is 12.2 Å². The van der Waals surface area contributed by atoms with E-state index in [9.17, 15) is 0 Å². The predicted octanol–water partition coefficient (Wildman–Crippen LogP) is 3.74. The Bertz CT molecular complexity index is 673. The summed E-state index contributed by atoms with van der Waals surface area (Å²) in [6, 6.07) is 8.43. The summed E-state index contributed by atoms with van der Waals surface area (Å²) in [4.78, 5) is 7.12. The molecular formula is C17H23N3S. The molecule has 1 heterocycles. The van der Waals surface area contributed by atoms with Gasteiger partial charge in [-0.2, -0.15) is 0 Å². The number of para-hydroxylation sites is 1. The number of pyridine rings is 1. The summed E-state index contributed by atoms with van der Waals surface area (Å²) in [6.07, 6.45) is 1.78. The van der Waals surface area contributed by atoms with Gasteiger partial charge in [0.25, 0.3) is 0 Å². The monoisotopic (exact) mass is 301 g/mol. The van der Waals surface area contributed by atoms with E-state index in [0.717, 1.165) is 22.2 Å². The number of hydrogen-bond donors (Lipinski definition) is 1. The van der Waals surface area contributed by atoms with E-state index in [4.69, 9.17) is 18.0 Å². The molecule has 4 heteroatoms. The van der Waals surface area contributed by atoms with Gasteiger partial charge in [0.15, 0.2) is 0 Å². The number of thiocarbonyl (C=S) groups is 1. The number of anilines is 1. The number of hydrogen-bond acceptors (Lipinski definition) is 3. The van der Waals surface area contributed by atoms with Crippen LogP contribution in [0.3, 0.4) is 0 Å². The lowest BCUT2D eigenvalue weighted by Crippen LogP contribution is -2.40. The summed E-state index contributed by atoms with van der Waals surface area (Å²) < 4.78 is 0. The summed E-state index contributed by atoms with van der Waals surface area (Å²) in [6.45, 7) is 8.92. The molecule has 0 saturated carbocycles. The fourth-order valence-corrected chi connectivity index (χ4v) is 2.61. The van der Waals surface area contributed by atoms with Crippen molar-refractivity contribution in [3.8, 4) is 0 Å². The zero-order valence-corrected chi connectivity index (χ0v) is 14.2. The third-order valence-electron chi connectivity index (χ3n) is 4.20. The number of fused-ring (bicyclic) bond motifs is 1. The van der Waals surface area contributed by atoms with Crippen LogP contribution in [0.25, 0.3) is 10.9 Å². The van der Waals surface area contributed by atoms with Gasteiger partial charge in [-0.3, -0.25) is 4.98 Å². The minimum Gasteiger partial charge on any atom is -0.389 e. The maximum Gasteiger partial charge on any atom is 0.107 e. The van der Waals surface area contributed by atoms with Crippen molar-refractivity contribution in [2.75, 3.05) is 11.9 Å². The second kappa shape index (κ2) is 5.60. The van der Waals surface area contributed by atoms with E-state index in [2.05, 4.69) is 50.7 Å². The molecule has 0 bridgehead atoms. The van der Waals surface area contributed by atoms with Crippen LogP contribution in [-0.4, -0.2) is 23.1 Å². The molecule has 0 aliphatic rings. The molecule has 2 aromatic rings. The Balaban J connectivity index is 2.70. The van der Waals surface area contributed by atoms with Gasteiger partial charge in [-0.05, 0) is 18.4 Å². The van der Waals surface area contributed by atoms with Crippen LogP contribution < -0.4 is 10.6 Å². The molecule has 0 fully saturated rings. The van der Waals surface area contributed by atoms with E-state index in [-0.39, 0.29) is 5.41 Å². The number of nitrogens with two attached hydrogens (primary N) is 1. The molecule has 1 aromatic heterocycles. The van der Waals surface area contributed by atoms with Crippen LogP contribution in [0.5, 0.6) is 0 Å². The van der Waals surface area contributed by atoms with E-state index in [0.29, 0.717) is 11.0 Å². The molecule has 21 heavy (non-hydrogen) atoms. The first-order valence-corrected chi connectivity index (χ1v) is 7.54. The molecule has 2 N–H and O–H groups in total. The lowest BCUT2D eigenvalue weighted by molar-refractivity contribution is 0.330. The van der Waals surface area contributed by atoms with Gasteiger partial charge in [-0.1, -0.05) is 51.2 Å². The van der Waals surface area contributed by atoms with Crippen molar-refractivity contribution in [2.45, 2.75) is 33.7 Å². The summed E-state index contributed by atoms with van der Waals surface area (Å²) in [7, 11) is 2.10. The molecule has 0 aliphatic heterocycles. The molecule has 1 aromatic carbocycles. The number of rotatable bonds is 3. The fourth-order valence-electron chi connectivity index (χ4n) is 2.46. The summed E-state index contributed by atoms with van der Waals surface area (Å²) in [5, 5.41) is 1.08. The van der Waals surface area contributed by atoms with Crippen LogP contribution in [0.15, 0.2) is 30.5 Å². The minimum atomic E-state index is 0.145. The molecule has 1 unspecified atom stereocenters. The Morgan fingerprint density at radius 1 is 1.29 bits per heavy atom. The number of nitrogens with zero attached hydrogens (tertiary/aromatic N) is 2. The van der Waals surface area contributed by atoms with E-state index in [1.54, 1.807) is 6.20 Å². The Hall–Kier alpha value is -1.68. The standard InChI is InChI=1S/C17H23N3S/c1-11(17(2,3)4)20(5)15-12-8-6-7-9-14(12)19-10-13(15)16(18)21/h6-11H,1-5H3,(H2,18,21). The average Bonchev–Trinajstić information content (AvgIpc) is 2.43. The Labute approximate surface area is 132 Å². The lowest BCUT2D eigenvalue weighted by Gasteiger charge is -2.38. The zero-order chi connectivity index (χ0) is 15.8. The van der Waals surface area contributed by atoms with Crippen molar-refractivity contribution in [3.63, 3.8) is 0 Å². The Kier molecular flexibility index (Phi) is 4.19. The van der Waals surface area contributed by atoms with Crippen molar-refractivity contribution >= 4 is 33.8 Å². The van der Waals surface area contributed by atoms with Gasteiger partial charge in [0.1, 0.15) is 4.99 Å². The van der Waals surface area contributed by atoms with Crippen LogP contribution in [0.4, 0.5) is 5.69 Å². The molecule has 3 nitrogen and oxygen atoms in total. The molecule has 0 aliphatic carbocycles. The van der Waals surface area contributed by atoms with E-state index in [1.165, 1.54) is 0 Å². The van der Waals surface area contributed by atoms with E-state index >= 15 is 0 Å². The molecule has 0 amide bonds. The normalized spacial score (nSPS) is 13.2. The Morgan fingerprint density at radius 3 is 2.48 bits per heavy atom. The molecule has 2 rings (SSSR count). The van der Waals surface area contributed by atoms with Crippen molar-refractivity contribution < 1.29 is 0 Å². The molecule has 112 valence electrons. The summed E-state index contributed by atoms with van der Waals surface area (Å²) >= 11 is 5.22. The quantitative estimate of drug-likeness (QED) is 0.877. The smallest absolute Gasteiger partial charge is 0.107 e. The molecule has 0 radical (unpaired) electrons. The zero-order valence-electron chi connectivity index (χ0n) is 13.3. The topological polar surface area (TPSA) is 42.1 Å². The molecule has 0 saturated heterocycles. The number of aromatic nitrogens is 1. The lowest BCUT2D eigenvalue weighted by atomic mass is 9.86. The molecule has 0 spiro atoms. The van der Waals surface area contributed by atoms with E-state index in [1.807, 2.05) is 18.2 Å². The first-order valence-electron chi connectivity index (χ1n) is 7.14. The van der Waals surface area contributed by atoms with E-state index < -0.39 is 0 Å². The molecular weight excluding hydrogens is 278 g/mol. The maximum atomic E-state index is 5.92. The SMILES string of the molecule is CC(N(C)c1c(C(N)=S)cnc2ccccc12)C(C)(C)C. The van der Waals surface area contributed by atoms with Gasteiger partial charge in [0.05, 0.1) is 16.8 Å². The van der Waals surface area contributed by atoms with Crippen molar-refractivity contribution in [1.82, 2.24) is 4.98 Å². The number of benzene rings is 1. The highest BCUT2D eigenvalue weighted by Crippen LogP contribution is 2.34. The van der Waals surface area contributed by atoms with Crippen LogP contribution in [0, 0.1) is 5.41 Å². The highest BCUT2D eigenvalue weighted by atomic mass is 32.1. The largest absolute Gasteiger partial charge is 0.389 e. The average molecular weight is 301 g/mol. The first-order chi connectivity index (χ1) is 9.73. The first kappa shape index (κ1) is 15.7. The van der Waals surface area contributed by atoms with Gasteiger partial charge < -0.3 is 10.6 Å². The van der Waals surface area contributed by atoms with Crippen LogP contribution in [0.2, 0.25) is 0 Å². The van der Waals surface area contributed by atoms with Gasteiger partial charge in [0, 0.05) is 24.7 Å². The highest BCUT2D eigenvalue weighted by Gasteiger charge is 2.27. The van der Waals surface area contributed by atoms with Gasteiger partial charge in [0.2, 0.25) is 0 Å². The van der Waals surface area contributed by atoms with Crippen molar-refractivity contribution in [3.05, 3.63) is 36.0 Å². The highest BCUT2D eigenvalue weighted by molar-refractivity contribution is 7.80. The third-order valence-corrected chi connectivity index (χ3v) is 4.42. The van der Waals surface area contributed by atoms with Crippen molar-refractivity contribution in [1.29, 1.82) is 0 Å². The van der Waals surface area contributed by atoms with Gasteiger partial charge in [-0.25, -0.2) is 0 Å². The third kappa shape index (κ3) is 3.00. The predicted molar refractivity (Wildman–Crippen MR) is 95.0 cm³/mol. The second-order valence-corrected chi connectivity index (χ2v) is 6.99. The fraction of sp³-hybridized carbons (Fsp3) is 0.412.